The Bertz CT molecular complexity index is 1150. The minimum atomic E-state index is -0.838. The van der Waals surface area contributed by atoms with Gasteiger partial charge in [0.05, 0.1) is 0 Å². The average Bonchev–Trinajstić information content (AvgIpc) is 2.83. The first-order chi connectivity index (χ1) is 16.7. The summed E-state index contributed by atoms with van der Waals surface area (Å²) in [5, 5.41) is 2.92. The molecule has 2 amide bonds. The summed E-state index contributed by atoms with van der Waals surface area (Å²) in [6.07, 6.45) is 0.295. The topological polar surface area (TPSA) is 58.6 Å². The Labute approximate surface area is 206 Å². The molecule has 3 aromatic carbocycles. The van der Waals surface area contributed by atoms with E-state index in [9.17, 15) is 14.0 Å². The van der Waals surface area contributed by atoms with E-state index in [-0.39, 0.29) is 25.1 Å². The predicted octanol–water partition coefficient (Wildman–Crippen LogP) is 4.99. The minimum absolute atomic E-state index is 0.0508. The number of carbonyl (C=O) groups excluding carboxylic acids is 2. The van der Waals surface area contributed by atoms with E-state index in [1.165, 1.54) is 11.0 Å². The molecule has 35 heavy (non-hydrogen) atoms. The standard InChI is InChI=1S/C29H33FN2O3/c1-20(2)31-29(34)27(17-23-10-6-5-7-11-23)32(18-24-12-8-9-13-26(24)30)28(33)19-35-25-15-14-21(3)22(4)16-25/h5-16,20,27H,17-19H2,1-4H3,(H,31,34)/t27-/m1/s1. The Morgan fingerprint density at radius 1 is 0.943 bits per heavy atom. The van der Waals surface area contributed by atoms with Crippen molar-refractivity contribution in [1.29, 1.82) is 0 Å². The first-order valence-electron chi connectivity index (χ1n) is 11.8. The molecule has 1 atom stereocenters. The van der Waals surface area contributed by atoms with Gasteiger partial charge in [-0.15, -0.1) is 0 Å². The summed E-state index contributed by atoms with van der Waals surface area (Å²) in [6.45, 7) is 7.39. The van der Waals surface area contributed by atoms with Crippen LogP contribution in [0.25, 0.3) is 0 Å². The Morgan fingerprint density at radius 2 is 1.63 bits per heavy atom. The molecule has 0 saturated carbocycles. The van der Waals surface area contributed by atoms with Gasteiger partial charge in [0, 0.05) is 24.6 Å². The van der Waals surface area contributed by atoms with Gasteiger partial charge in [0.15, 0.2) is 6.61 Å². The average molecular weight is 477 g/mol. The second-order valence-corrected chi connectivity index (χ2v) is 9.02. The van der Waals surface area contributed by atoms with Gasteiger partial charge >= 0.3 is 0 Å². The molecular weight excluding hydrogens is 443 g/mol. The molecular formula is C29H33FN2O3. The maximum atomic E-state index is 14.6. The summed E-state index contributed by atoms with van der Waals surface area (Å²) in [7, 11) is 0. The van der Waals surface area contributed by atoms with E-state index in [1.807, 2.05) is 76.2 Å². The Balaban J connectivity index is 1.92. The van der Waals surface area contributed by atoms with Gasteiger partial charge in [0.25, 0.3) is 5.91 Å². The van der Waals surface area contributed by atoms with Gasteiger partial charge in [-0.05, 0) is 62.6 Å². The maximum Gasteiger partial charge on any atom is 0.261 e. The van der Waals surface area contributed by atoms with Crippen LogP contribution in [0.1, 0.15) is 36.1 Å². The van der Waals surface area contributed by atoms with Crippen molar-refractivity contribution in [3.05, 3.63) is 101 Å². The van der Waals surface area contributed by atoms with Crippen molar-refractivity contribution in [3.63, 3.8) is 0 Å². The molecule has 0 fully saturated rings. The summed E-state index contributed by atoms with van der Waals surface area (Å²) in [5.41, 5.74) is 3.41. The summed E-state index contributed by atoms with van der Waals surface area (Å²) in [6, 6.07) is 20.4. The smallest absolute Gasteiger partial charge is 0.261 e. The molecule has 0 aromatic heterocycles. The van der Waals surface area contributed by atoms with Crippen molar-refractivity contribution < 1.29 is 18.7 Å². The highest BCUT2D eigenvalue weighted by Gasteiger charge is 2.31. The lowest BCUT2D eigenvalue weighted by molar-refractivity contribution is -0.143. The zero-order valence-electron chi connectivity index (χ0n) is 20.8. The molecule has 3 rings (SSSR count). The molecule has 3 aromatic rings. The maximum absolute atomic E-state index is 14.6. The zero-order chi connectivity index (χ0) is 25.4. The number of benzene rings is 3. The summed E-state index contributed by atoms with van der Waals surface area (Å²) in [4.78, 5) is 28.2. The molecule has 0 spiro atoms. The number of halogens is 1. The molecule has 0 aliphatic rings. The van der Waals surface area contributed by atoms with Crippen molar-refractivity contribution in [2.24, 2.45) is 0 Å². The highest BCUT2D eigenvalue weighted by atomic mass is 19.1. The molecule has 0 bridgehead atoms. The number of carbonyl (C=O) groups is 2. The van der Waals surface area contributed by atoms with Gasteiger partial charge in [-0.25, -0.2) is 4.39 Å². The summed E-state index contributed by atoms with van der Waals surface area (Å²) < 4.78 is 20.4. The number of hydrogen-bond donors (Lipinski definition) is 1. The van der Waals surface area contributed by atoms with Gasteiger partial charge in [0.2, 0.25) is 5.91 Å². The van der Waals surface area contributed by atoms with Crippen molar-refractivity contribution in [3.8, 4) is 5.75 Å². The lowest BCUT2D eigenvalue weighted by atomic mass is 10.0. The fraction of sp³-hybridized carbons (Fsp3) is 0.310. The predicted molar refractivity (Wildman–Crippen MR) is 136 cm³/mol. The molecule has 184 valence electrons. The van der Waals surface area contributed by atoms with Crippen molar-refractivity contribution in [2.45, 2.75) is 52.7 Å². The molecule has 5 nitrogen and oxygen atoms in total. The van der Waals surface area contributed by atoms with Crippen LogP contribution in [-0.4, -0.2) is 35.4 Å². The molecule has 0 unspecified atom stereocenters. The Hall–Kier alpha value is -3.67. The van der Waals surface area contributed by atoms with Gasteiger partial charge in [-0.2, -0.15) is 0 Å². The summed E-state index contributed by atoms with van der Waals surface area (Å²) in [5.74, 6) is -0.548. The largest absolute Gasteiger partial charge is 0.484 e. The molecule has 6 heteroatoms. The molecule has 0 aliphatic heterocycles. The van der Waals surface area contributed by atoms with Crippen molar-refractivity contribution in [2.75, 3.05) is 6.61 Å². The molecule has 0 heterocycles. The van der Waals surface area contributed by atoms with Gasteiger partial charge < -0.3 is 15.0 Å². The number of amides is 2. The molecule has 0 aliphatic carbocycles. The quantitative estimate of drug-likeness (QED) is 0.449. The Kier molecular flexibility index (Phi) is 9.01. The first kappa shape index (κ1) is 25.9. The monoisotopic (exact) mass is 476 g/mol. The fourth-order valence-corrected chi connectivity index (χ4v) is 3.78. The van der Waals surface area contributed by atoms with Gasteiger partial charge in [-0.3, -0.25) is 9.59 Å². The molecule has 0 saturated heterocycles. The van der Waals surface area contributed by atoms with Crippen molar-refractivity contribution in [1.82, 2.24) is 10.2 Å². The van der Waals surface area contributed by atoms with Crippen molar-refractivity contribution >= 4 is 11.8 Å². The molecule has 0 radical (unpaired) electrons. The lowest BCUT2D eigenvalue weighted by Crippen LogP contribution is -2.53. The van der Waals surface area contributed by atoms with Crippen LogP contribution in [0.5, 0.6) is 5.75 Å². The highest BCUT2D eigenvalue weighted by Crippen LogP contribution is 2.19. The van der Waals surface area contributed by atoms with Crippen LogP contribution in [0, 0.1) is 19.7 Å². The third-order valence-corrected chi connectivity index (χ3v) is 5.84. The highest BCUT2D eigenvalue weighted by molar-refractivity contribution is 5.88. The minimum Gasteiger partial charge on any atom is -0.484 e. The third-order valence-electron chi connectivity index (χ3n) is 5.84. The zero-order valence-corrected chi connectivity index (χ0v) is 20.8. The number of aryl methyl sites for hydroxylation is 2. The SMILES string of the molecule is Cc1ccc(OCC(=O)N(Cc2ccccc2F)[C@H](Cc2ccccc2)C(=O)NC(C)C)cc1C. The van der Waals surface area contributed by atoms with E-state index in [0.29, 0.717) is 17.7 Å². The first-order valence-corrected chi connectivity index (χ1v) is 11.8. The second kappa shape index (κ2) is 12.2. The lowest BCUT2D eigenvalue weighted by Gasteiger charge is -2.32. The number of hydrogen-bond acceptors (Lipinski definition) is 3. The van der Waals surface area contributed by atoms with E-state index in [4.69, 9.17) is 4.74 Å². The van der Waals surface area contributed by atoms with E-state index >= 15 is 0 Å². The fourth-order valence-electron chi connectivity index (χ4n) is 3.78. The van der Waals surface area contributed by atoms with Gasteiger partial charge in [0.1, 0.15) is 17.6 Å². The molecule has 1 N–H and O–H groups in total. The number of rotatable bonds is 10. The van der Waals surface area contributed by atoms with E-state index in [1.54, 1.807) is 18.2 Å². The summed E-state index contributed by atoms with van der Waals surface area (Å²) >= 11 is 0. The number of nitrogens with zero attached hydrogens (tertiary/aromatic N) is 1. The van der Waals surface area contributed by atoms with Crippen LogP contribution >= 0.6 is 0 Å². The normalized spacial score (nSPS) is 11.7. The van der Waals surface area contributed by atoms with E-state index in [0.717, 1.165) is 16.7 Å². The number of ether oxygens (including phenoxy) is 1. The Morgan fingerprint density at radius 3 is 2.29 bits per heavy atom. The van der Waals surface area contributed by atoms with Crippen LogP contribution < -0.4 is 10.1 Å². The second-order valence-electron chi connectivity index (χ2n) is 9.02. The van der Waals surface area contributed by atoms with Crippen LogP contribution in [0.2, 0.25) is 0 Å². The van der Waals surface area contributed by atoms with Crippen LogP contribution in [0.3, 0.4) is 0 Å². The third kappa shape index (κ3) is 7.41. The van der Waals surface area contributed by atoms with E-state index in [2.05, 4.69) is 5.32 Å². The van der Waals surface area contributed by atoms with Crippen LogP contribution in [0.4, 0.5) is 4.39 Å². The van der Waals surface area contributed by atoms with Crippen LogP contribution in [-0.2, 0) is 22.6 Å². The number of nitrogens with one attached hydrogen (secondary N) is 1. The van der Waals surface area contributed by atoms with Crippen LogP contribution in [0.15, 0.2) is 72.8 Å². The van der Waals surface area contributed by atoms with Gasteiger partial charge in [-0.1, -0.05) is 54.6 Å². The van der Waals surface area contributed by atoms with E-state index < -0.39 is 17.8 Å².